The summed E-state index contributed by atoms with van der Waals surface area (Å²) in [5, 5.41) is 2.14. The highest BCUT2D eigenvalue weighted by molar-refractivity contribution is 9.09. The number of allylic oxidation sites excluding steroid dienone is 1. The van der Waals surface area contributed by atoms with Gasteiger partial charge in [-0.3, -0.25) is 0 Å². The standard InChI is InChI=1S/C17H19BrO/c18-12-15(13-6-2-1-3-7-13)11-16-10-14-8-4-5-9-17(14)19-16/h4-5,8-11,13H,1-3,6-7,12H2. The van der Waals surface area contributed by atoms with Crippen molar-refractivity contribution in [2.24, 2.45) is 5.92 Å². The predicted molar refractivity (Wildman–Crippen MR) is 84.6 cm³/mol. The van der Waals surface area contributed by atoms with Crippen LogP contribution in [-0.2, 0) is 0 Å². The molecule has 1 nitrogen and oxygen atoms in total. The van der Waals surface area contributed by atoms with Crippen LogP contribution in [0.4, 0.5) is 0 Å². The van der Waals surface area contributed by atoms with E-state index in [-0.39, 0.29) is 0 Å². The van der Waals surface area contributed by atoms with Crippen LogP contribution in [0, 0.1) is 5.92 Å². The molecule has 100 valence electrons. The van der Waals surface area contributed by atoms with Gasteiger partial charge in [-0.25, -0.2) is 0 Å². The van der Waals surface area contributed by atoms with Crippen molar-refractivity contribution in [3.8, 4) is 0 Å². The van der Waals surface area contributed by atoms with Crippen molar-refractivity contribution >= 4 is 33.0 Å². The quantitative estimate of drug-likeness (QED) is 0.652. The van der Waals surface area contributed by atoms with Crippen LogP contribution in [0.3, 0.4) is 0 Å². The lowest BCUT2D eigenvalue weighted by molar-refractivity contribution is 0.405. The predicted octanol–water partition coefficient (Wildman–Crippen LogP) is 5.79. The molecular weight excluding hydrogens is 300 g/mol. The molecule has 0 saturated heterocycles. The third-order valence-corrected chi connectivity index (χ3v) is 4.70. The van der Waals surface area contributed by atoms with E-state index >= 15 is 0 Å². The largest absolute Gasteiger partial charge is 0.457 e. The van der Waals surface area contributed by atoms with Crippen molar-refractivity contribution < 1.29 is 4.42 Å². The Labute approximate surface area is 122 Å². The molecule has 0 unspecified atom stereocenters. The second kappa shape index (κ2) is 5.96. The monoisotopic (exact) mass is 318 g/mol. The molecule has 0 radical (unpaired) electrons. The summed E-state index contributed by atoms with van der Waals surface area (Å²) in [6.45, 7) is 0. The van der Waals surface area contributed by atoms with Gasteiger partial charge in [0.15, 0.2) is 0 Å². The van der Waals surface area contributed by atoms with E-state index in [2.05, 4.69) is 40.2 Å². The van der Waals surface area contributed by atoms with Crippen LogP contribution in [0.5, 0.6) is 0 Å². The number of alkyl halides is 1. The third-order valence-electron chi connectivity index (χ3n) is 4.06. The molecule has 0 amide bonds. The number of furan rings is 1. The second-order valence-corrected chi connectivity index (χ2v) is 5.94. The van der Waals surface area contributed by atoms with E-state index in [1.165, 1.54) is 43.1 Å². The number of para-hydroxylation sites is 1. The first-order valence-corrected chi connectivity index (χ1v) is 8.24. The maximum absolute atomic E-state index is 5.89. The van der Waals surface area contributed by atoms with Gasteiger partial charge in [-0.1, -0.05) is 59.0 Å². The van der Waals surface area contributed by atoms with E-state index in [0.29, 0.717) is 0 Å². The number of benzene rings is 1. The first-order chi connectivity index (χ1) is 9.36. The molecule has 0 atom stereocenters. The van der Waals surface area contributed by atoms with Gasteiger partial charge >= 0.3 is 0 Å². The van der Waals surface area contributed by atoms with E-state index in [0.717, 1.165) is 22.6 Å². The minimum atomic E-state index is 0.737. The SMILES string of the molecule is BrCC(=Cc1cc2ccccc2o1)C1CCCCC1. The second-order valence-electron chi connectivity index (χ2n) is 5.37. The van der Waals surface area contributed by atoms with E-state index < -0.39 is 0 Å². The van der Waals surface area contributed by atoms with Gasteiger partial charge in [0.25, 0.3) is 0 Å². The Balaban J connectivity index is 1.88. The summed E-state index contributed by atoms with van der Waals surface area (Å²) in [5.41, 5.74) is 2.46. The smallest absolute Gasteiger partial charge is 0.134 e. The van der Waals surface area contributed by atoms with E-state index in [4.69, 9.17) is 4.42 Å². The van der Waals surface area contributed by atoms with Crippen molar-refractivity contribution in [3.63, 3.8) is 0 Å². The molecular formula is C17H19BrO. The van der Waals surface area contributed by atoms with Crippen molar-refractivity contribution in [3.05, 3.63) is 41.7 Å². The van der Waals surface area contributed by atoms with E-state index in [9.17, 15) is 0 Å². The number of hydrogen-bond acceptors (Lipinski definition) is 1. The van der Waals surface area contributed by atoms with Crippen molar-refractivity contribution in [2.45, 2.75) is 32.1 Å². The number of fused-ring (bicyclic) bond motifs is 1. The minimum absolute atomic E-state index is 0.737. The van der Waals surface area contributed by atoms with Crippen LogP contribution in [0.15, 0.2) is 40.3 Å². The molecule has 2 heteroatoms. The Morgan fingerprint density at radius 3 is 2.74 bits per heavy atom. The Bertz CT molecular complexity index is 543. The fourth-order valence-electron chi connectivity index (χ4n) is 3.00. The number of hydrogen-bond donors (Lipinski definition) is 0. The lowest BCUT2D eigenvalue weighted by atomic mass is 9.84. The summed E-state index contributed by atoms with van der Waals surface area (Å²) in [6, 6.07) is 10.3. The normalized spacial score (nSPS) is 18.1. The maximum Gasteiger partial charge on any atom is 0.134 e. The molecule has 1 aliphatic carbocycles. The zero-order valence-electron chi connectivity index (χ0n) is 11.1. The van der Waals surface area contributed by atoms with Crippen LogP contribution < -0.4 is 0 Å². The Morgan fingerprint density at radius 1 is 1.21 bits per heavy atom. The highest BCUT2D eigenvalue weighted by Gasteiger charge is 2.17. The summed E-state index contributed by atoms with van der Waals surface area (Å²) in [7, 11) is 0. The van der Waals surface area contributed by atoms with Crippen LogP contribution >= 0.6 is 15.9 Å². The molecule has 1 aromatic carbocycles. The summed E-state index contributed by atoms with van der Waals surface area (Å²) >= 11 is 3.64. The molecule has 1 aromatic heterocycles. The highest BCUT2D eigenvalue weighted by Crippen LogP contribution is 2.32. The fourth-order valence-corrected chi connectivity index (χ4v) is 3.61. The van der Waals surface area contributed by atoms with Crippen LogP contribution in [0.25, 0.3) is 17.0 Å². The lowest BCUT2D eigenvalue weighted by Gasteiger charge is -2.23. The van der Waals surface area contributed by atoms with Crippen molar-refractivity contribution in [1.29, 1.82) is 0 Å². The Morgan fingerprint density at radius 2 is 2.00 bits per heavy atom. The van der Waals surface area contributed by atoms with E-state index in [1.54, 1.807) is 0 Å². The molecule has 1 aliphatic rings. The van der Waals surface area contributed by atoms with Gasteiger partial charge in [0.2, 0.25) is 0 Å². The van der Waals surface area contributed by atoms with Gasteiger partial charge in [-0.15, -0.1) is 0 Å². The zero-order chi connectivity index (χ0) is 13.1. The molecule has 1 fully saturated rings. The van der Waals surface area contributed by atoms with Gasteiger partial charge in [-0.05, 0) is 37.0 Å². The van der Waals surface area contributed by atoms with Gasteiger partial charge in [0.05, 0.1) is 0 Å². The van der Waals surface area contributed by atoms with Crippen molar-refractivity contribution in [1.82, 2.24) is 0 Å². The fraction of sp³-hybridized carbons (Fsp3) is 0.412. The van der Waals surface area contributed by atoms with Crippen LogP contribution in [-0.4, -0.2) is 5.33 Å². The van der Waals surface area contributed by atoms with Crippen LogP contribution in [0.2, 0.25) is 0 Å². The molecule has 0 bridgehead atoms. The van der Waals surface area contributed by atoms with E-state index in [1.807, 2.05) is 12.1 Å². The molecule has 2 aromatic rings. The molecule has 0 spiro atoms. The Hall–Kier alpha value is -1.02. The summed E-state index contributed by atoms with van der Waals surface area (Å²) in [5.74, 6) is 1.72. The highest BCUT2D eigenvalue weighted by atomic mass is 79.9. The van der Waals surface area contributed by atoms with Gasteiger partial charge in [0, 0.05) is 10.7 Å². The first kappa shape index (κ1) is 13.0. The number of rotatable bonds is 3. The zero-order valence-corrected chi connectivity index (χ0v) is 12.7. The summed E-state index contributed by atoms with van der Waals surface area (Å²) in [6.07, 6.45) is 9.04. The van der Waals surface area contributed by atoms with Gasteiger partial charge < -0.3 is 4.42 Å². The third kappa shape index (κ3) is 2.94. The molecule has 0 N–H and O–H groups in total. The van der Waals surface area contributed by atoms with Gasteiger partial charge in [-0.2, -0.15) is 0 Å². The molecule has 1 saturated carbocycles. The average Bonchev–Trinajstić information content (AvgIpc) is 2.88. The molecule has 0 aliphatic heterocycles. The molecule has 19 heavy (non-hydrogen) atoms. The molecule has 1 heterocycles. The summed E-state index contributed by atoms with van der Waals surface area (Å²) in [4.78, 5) is 0. The summed E-state index contributed by atoms with van der Waals surface area (Å²) < 4.78 is 5.89. The lowest BCUT2D eigenvalue weighted by Crippen LogP contribution is -2.09. The topological polar surface area (TPSA) is 13.1 Å². The Kier molecular flexibility index (Phi) is 4.07. The number of halogens is 1. The van der Waals surface area contributed by atoms with Crippen molar-refractivity contribution in [2.75, 3.05) is 5.33 Å². The van der Waals surface area contributed by atoms with Gasteiger partial charge in [0.1, 0.15) is 11.3 Å². The molecule has 3 rings (SSSR count). The first-order valence-electron chi connectivity index (χ1n) is 7.12. The minimum Gasteiger partial charge on any atom is -0.457 e. The van der Waals surface area contributed by atoms with Crippen LogP contribution in [0.1, 0.15) is 37.9 Å². The average molecular weight is 319 g/mol. The maximum atomic E-state index is 5.89.